The van der Waals surface area contributed by atoms with Gasteiger partial charge in [0.1, 0.15) is 5.75 Å². The maximum Gasteiger partial charge on any atom is 0.203 e. The van der Waals surface area contributed by atoms with Gasteiger partial charge in [-0.2, -0.15) is 0 Å². The first-order chi connectivity index (χ1) is 9.49. The average Bonchev–Trinajstić information content (AvgIpc) is 2.43. The van der Waals surface area contributed by atoms with Crippen LogP contribution in [0.15, 0.2) is 46.9 Å². The summed E-state index contributed by atoms with van der Waals surface area (Å²) in [5.74, 6) is -1.94. The Balaban J connectivity index is 2.16. The number of benzene rings is 2. The van der Waals surface area contributed by atoms with Crippen molar-refractivity contribution < 1.29 is 18.3 Å². The van der Waals surface area contributed by atoms with Gasteiger partial charge >= 0.3 is 0 Å². The second kappa shape index (κ2) is 6.13. The molecular weight excluding hydrogens is 330 g/mol. The van der Waals surface area contributed by atoms with E-state index in [0.717, 1.165) is 12.1 Å². The Morgan fingerprint density at radius 2 is 1.85 bits per heavy atom. The van der Waals surface area contributed by atoms with Gasteiger partial charge in [0, 0.05) is 5.56 Å². The first kappa shape index (κ1) is 14.7. The van der Waals surface area contributed by atoms with E-state index >= 15 is 0 Å². The molecule has 0 spiro atoms. The molecule has 104 valence electrons. The van der Waals surface area contributed by atoms with Crippen LogP contribution in [-0.2, 0) is 0 Å². The summed E-state index contributed by atoms with van der Waals surface area (Å²) >= 11 is 3.31. The Labute approximate surface area is 123 Å². The fraction of sp³-hybridized carbons (Fsp3) is 0.133. The Kier molecular flexibility index (Phi) is 4.49. The van der Waals surface area contributed by atoms with E-state index in [4.69, 9.17) is 4.74 Å². The molecule has 0 fully saturated rings. The highest BCUT2D eigenvalue weighted by atomic mass is 79.9. The van der Waals surface area contributed by atoms with E-state index in [0.29, 0.717) is 10.2 Å². The van der Waals surface area contributed by atoms with E-state index < -0.39 is 23.5 Å². The summed E-state index contributed by atoms with van der Waals surface area (Å²) in [6, 6.07) is 10.1. The number of halogens is 3. The summed E-state index contributed by atoms with van der Waals surface area (Å²) in [6.45, 7) is 1.56. The van der Waals surface area contributed by atoms with Crippen LogP contribution in [0.25, 0.3) is 0 Å². The minimum Gasteiger partial charge on any atom is -0.481 e. The van der Waals surface area contributed by atoms with Crippen LogP contribution in [0, 0.1) is 11.6 Å². The van der Waals surface area contributed by atoms with E-state index in [1.165, 1.54) is 6.07 Å². The highest BCUT2D eigenvalue weighted by molar-refractivity contribution is 9.10. The normalized spacial score (nSPS) is 12.0. The highest BCUT2D eigenvalue weighted by Crippen LogP contribution is 2.25. The molecule has 0 radical (unpaired) electrons. The molecule has 0 amide bonds. The topological polar surface area (TPSA) is 26.3 Å². The monoisotopic (exact) mass is 340 g/mol. The molecule has 5 heteroatoms. The van der Waals surface area contributed by atoms with Crippen LogP contribution in [0.4, 0.5) is 8.78 Å². The third-order valence-corrected chi connectivity index (χ3v) is 3.37. The zero-order chi connectivity index (χ0) is 14.7. The number of hydrogen-bond acceptors (Lipinski definition) is 2. The second-order valence-corrected chi connectivity index (χ2v) is 5.04. The van der Waals surface area contributed by atoms with Gasteiger partial charge in [0.2, 0.25) is 5.78 Å². The molecule has 0 saturated heterocycles. The molecule has 0 saturated carbocycles. The van der Waals surface area contributed by atoms with E-state index in [-0.39, 0.29) is 5.56 Å². The first-order valence-corrected chi connectivity index (χ1v) is 6.69. The van der Waals surface area contributed by atoms with Gasteiger partial charge in [-0.05, 0) is 53.2 Å². The molecule has 0 aliphatic rings. The molecule has 0 bridgehead atoms. The molecule has 2 aromatic rings. The Bertz CT molecular complexity index is 644. The number of rotatable bonds is 4. The van der Waals surface area contributed by atoms with E-state index in [1.807, 2.05) is 6.07 Å². The van der Waals surface area contributed by atoms with Crippen LogP contribution in [0.1, 0.15) is 17.3 Å². The van der Waals surface area contributed by atoms with Crippen molar-refractivity contribution in [2.24, 2.45) is 0 Å². The number of Topliss-reactive ketones (excluding diaryl/α,β-unsaturated/α-hetero) is 1. The number of ketones is 1. The summed E-state index contributed by atoms with van der Waals surface area (Å²) in [4.78, 5) is 12.1. The number of hydrogen-bond donors (Lipinski definition) is 0. The van der Waals surface area contributed by atoms with Gasteiger partial charge in [-0.15, -0.1) is 0 Å². The summed E-state index contributed by atoms with van der Waals surface area (Å²) in [6.07, 6.45) is -0.807. The fourth-order valence-electron chi connectivity index (χ4n) is 1.67. The lowest BCUT2D eigenvalue weighted by Gasteiger charge is -2.15. The van der Waals surface area contributed by atoms with Crippen molar-refractivity contribution >= 4 is 21.7 Å². The van der Waals surface area contributed by atoms with Gasteiger partial charge in [-0.3, -0.25) is 4.79 Å². The van der Waals surface area contributed by atoms with Crippen molar-refractivity contribution in [2.45, 2.75) is 13.0 Å². The largest absolute Gasteiger partial charge is 0.481 e. The zero-order valence-electron chi connectivity index (χ0n) is 10.6. The predicted molar refractivity (Wildman–Crippen MR) is 74.9 cm³/mol. The molecule has 0 aliphatic heterocycles. The second-order valence-electron chi connectivity index (χ2n) is 4.18. The molecule has 2 rings (SSSR count). The third kappa shape index (κ3) is 3.22. The third-order valence-electron chi connectivity index (χ3n) is 2.71. The van der Waals surface area contributed by atoms with Crippen molar-refractivity contribution in [3.05, 3.63) is 64.1 Å². The van der Waals surface area contributed by atoms with Gasteiger partial charge in [-0.25, -0.2) is 8.78 Å². The van der Waals surface area contributed by atoms with E-state index in [2.05, 4.69) is 15.9 Å². The number of para-hydroxylation sites is 1. The van der Waals surface area contributed by atoms with Crippen molar-refractivity contribution in [3.63, 3.8) is 0 Å². The van der Waals surface area contributed by atoms with Crippen molar-refractivity contribution in [3.8, 4) is 5.75 Å². The Hall–Kier alpha value is -1.75. The van der Waals surface area contributed by atoms with Gasteiger partial charge in [0.25, 0.3) is 0 Å². The smallest absolute Gasteiger partial charge is 0.203 e. The molecule has 0 heterocycles. The maximum atomic E-state index is 13.1. The standard InChI is InChI=1S/C15H11BrF2O2/c1-9(20-14-5-3-2-4-11(14)16)15(19)10-6-7-12(17)13(18)8-10/h2-9H,1H3. The number of ether oxygens (including phenoxy) is 1. The summed E-state index contributed by atoms with van der Waals surface area (Å²) in [5, 5.41) is 0. The zero-order valence-corrected chi connectivity index (χ0v) is 12.2. The van der Waals surface area contributed by atoms with Crippen LogP contribution < -0.4 is 4.74 Å². The molecule has 0 aliphatic carbocycles. The highest BCUT2D eigenvalue weighted by Gasteiger charge is 2.19. The van der Waals surface area contributed by atoms with Gasteiger partial charge < -0.3 is 4.74 Å². The molecule has 2 aromatic carbocycles. The molecule has 1 unspecified atom stereocenters. The van der Waals surface area contributed by atoms with E-state index in [1.54, 1.807) is 25.1 Å². The van der Waals surface area contributed by atoms with Crippen molar-refractivity contribution in [1.82, 2.24) is 0 Å². The van der Waals surface area contributed by atoms with Crippen LogP contribution in [-0.4, -0.2) is 11.9 Å². The summed E-state index contributed by atoms with van der Waals surface area (Å²) in [7, 11) is 0. The van der Waals surface area contributed by atoms with E-state index in [9.17, 15) is 13.6 Å². The lowest BCUT2D eigenvalue weighted by Crippen LogP contribution is -2.24. The van der Waals surface area contributed by atoms with Crippen LogP contribution in [0.5, 0.6) is 5.75 Å². The predicted octanol–water partition coefficient (Wildman–Crippen LogP) is 4.38. The van der Waals surface area contributed by atoms with Crippen molar-refractivity contribution in [1.29, 1.82) is 0 Å². The summed E-state index contributed by atoms with van der Waals surface area (Å²) in [5.41, 5.74) is 0.0726. The van der Waals surface area contributed by atoms with Gasteiger partial charge in [0.15, 0.2) is 17.7 Å². The molecule has 20 heavy (non-hydrogen) atoms. The van der Waals surface area contributed by atoms with Crippen LogP contribution >= 0.6 is 15.9 Å². The molecule has 0 aromatic heterocycles. The molecule has 0 N–H and O–H groups in total. The van der Waals surface area contributed by atoms with Crippen LogP contribution in [0.3, 0.4) is 0 Å². The van der Waals surface area contributed by atoms with Crippen molar-refractivity contribution in [2.75, 3.05) is 0 Å². The fourth-order valence-corrected chi connectivity index (χ4v) is 2.05. The molecule has 1 atom stereocenters. The first-order valence-electron chi connectivity index (χ1n) is 5.89. The summed E-state index contributed by atoms with van der Waals surface area (Å²) < 4.78 is 32.2. The quantitative estimate of drug-likeness (QED) is 0.772. The van der Waals surface area contributed by atoms with Gasteiger partial charge in [-0.1, -0.05) is 12.1 Å². The molecular formula is C15H11BrF2O2. The van der Waals surface area contributed by atoms with Crippen LogP contribution in [0.2, 0.25) is 0 Å². The number of carbonyl (C=O) groups excluding carboxylic acids is 1. The minimum atomic E-state index is -1.05. The van der Waals surface area contributed by atoms with Gasteiger partial charge in [0.05, 0.1) is 4.47 Å². The average molecular weight is 341 g/mol. The minimum absolute atomic E-state index is 0.0726. The Morgan fingerprint density at radius 3 is 2.50 bits per heavy atom. The number of carbonyl (C=O) groups is 1. The SMILES string of the molecule is CC(Oc1ccccc1Br)C(=O)c1ccc(F)c(F)c1. The molecule has 2 nitrogen and oxygen atoms in total. The maximum absolute atomic E-state index is 13.1. The Morgan fingerprint density at radius 1 is 1.15 bits per heavy atom. The lowest BCUT2D eigenvalue weighted by molar-refractivity contribution is 0.0816. The lowest BCUT2D eigenvalue weighted by atomic mass is 10.1.